The van der Waals surface area contributed by atoms with Crippen LogP contribution in [0.15, 0.2) is 54.7 Å². The van der Waals surface area contributed by atoms with Crippen LogP contribution in [-0.4, -0.2) is 40.6 Å². The molecule has 2 aromatic rings. The number of carbonyl (C=O) groups is 3. The number of nitrogens with one attached hydrogen (secondary N) is 1. The Morgan fingerprint density at radius 1 is 1.06 bits per heavy atom. The molecule has 1 aliphatic heterocycles. The highest BCUT2D eigenvalue weighted by molar-refractivity contribution is 5.95. The van der Waals surface area contributed by atoms with Crippen molar-refractivity contribution in [3.63, 3.8) is 0 Å². The number of rotatable bonds is 7. The van der Waals surface area contributed by atoms with Gasteiger partial charge in [0.05, 0.1) is 19.0 Å². The van der Waals surface area contributed by atoms with E-state index in [4.69, 9.17) is 0 Å². The molecule has 6 nitrogen and oxygen atoms in total. The van der Waals surface area contributed by atoms with E-state index in [1.165, 1.54) is 6.92 Å². The lowest BCUT2D eigenvalue weighted by Gasteiger charge is -2.33. The summed E-state index contributed by atoms with van der Waals surface area (Å²) in [6, 6.07) is 14.9. The summed E-state index contributed by atoms with van der Waals surface area (Å²) in [6.45, 7) is 5.85. The summed E-state index contributed by atoms with van der Waals surface area (Å²) in [6.07, 6.45) is 4.48. The fraction of sp³-hybridized carbons (Fsp3) is 0.320. The molecule has 1 atom stereocenters. The summed E-state index contributed by atoms with van der Waals surface area (Å²) in [7, 11) is 0. The molecule has 0 saturated heterocycles. The number of fused-ring (bicyclic) bond motifs is 1. The summed E-state index contributed by atoms with van der Waals surface area (Å²) in [5.41, 5.74) is 3.64. The van der Waals surface area contributed by atoms with E-state index in [9.17, 15) is 14.4 Å². The van der Waals surface area contributed by atoms with Crippen molar-refractivity contribution >= 4 is 29.5 Å². The van der Waals surface area contributed by atoms with Gasteiger partial charge in [0.2, 0.25) is 17.7 Å². The second kappa shape index (κ2) is 10.1. The first kappa shape index (κ1) is 22.3. The van der Waals surface area contributed by atoms with Crippen LogP contribution in [0.4, 0.5) is 5.69 Å². The normalized spacial score (nSPS) is 14.7. The van der Waals surface area contributed by atoms with Crippen molar-refractivity contribution in [1.29, 1.82) is 0 Å². The van der Waals surface area contributed by atoms with E-state index in [-0.39, 0.29) is 36.7 Å². The van der Waals surface area contributed by atoms with Gasteiger partial charge in [-0.1, -0.05) is 49.4 Å². The summed E-state index contributed by atoms with van der Waals surface area (Å²) in [5, 5.41) is 2.89. The quantitative estimate of drug-likeness (QED) is 0.733. The van der Waals surface area contributed by atoms with E-state index in [1.807, 2.05) is 68.5 Å². The molecule has 3 amide bonds. The number of nitrogens with zero attached hydrogens (tertiary/aromatic N) is 2. The first-order valence-corrected chi connectivity index (χ1v) is 10.6. The molecular formula is C25H29N3O3. The van der Waals surface area contributed by atoms with E-state index < -0.39 is 0 Å². The van der Waals surface area contributed by atoms with Gasteiger partial charge in [-0.2, -0.15) is 0 Å². The molecule has 31 heavy (non-hydrogen) atoms. The Bertz CT molecular complexity index is 999. The number of para-hydroxylation sites is 1. The minimum absolute atomic E-state index is 0.0225. The third-order valence-corrected chi connectivity index (χ3v) is 5.44. The van der Waals surface area contributed by atoms with Gasteiger partial charge in [-0.15, -0.1) is 0 Å². The Kier molecular flexibility index (Phi) is 7.23. The molecule has 1 unspecified atom stereocenters. The Hall–Kier alpha value is -3.41. The van der Waals surface area contributed by atoms with Gasteiger partial charge >= 0.3 is 0 Å². The highest BCUT2D eigenvalue weighted by atomic mass is 16.2. The monoisotopic (exact) mass is 419 g/mol. The van der Waals surface area contributed by atoms with Crippen LogP contribution in [-0.2, 0) is 14.4 Å². The summed E-state index contributed by atoms with van der Waals surface area (Å²) < 4.78 is 0. The van der Waals surface area contributed by atoms with Crippen molar-refractivity contribution in [2.75, 3.05) is 18.4 Å². The van der Waals surface area contributed by atoms with Crippen LogP contribution >= 0.6 is 0 Å². The van der Waals surface area contributed by atoms with Crippen molar-refractivity contribution < 1.29 is 14.4 Å². The lowest BCUT2D eigenvalue weighted by atomic mass is 9.93. The minimum Gasteiger partial charge on any atom is -0.333 e. The molecule has 0 aliphatic carbocycles. The second-order valence-corrected chi connectivity index (χ2v) is 7.77. The van der Waals surface area contributed by atoms with Gasteiger partial charge in [-0.25, -0.2) is 0 Å². The van der Waals surface area contributed by atoms with Crippen molar-refractivity contribution in [3.8, 4) is 0 Å². The van der Waals surface area contributed by atoms with Crippen molar-refractivity contribution in [2.45, 2.75) is 39.7 Å². The van der Waals surface area contributed by atoms with Gasteiger partial charge in [0.15, 0.2) is 0 Å². The largest absolute Gasteiger partial charge is 0.333 e. The zero-order chi connectivity index (χ0) is 22.4. The first-order chi connectivity index (χ1) is 14.9. The molecule has 0 radical (unpaired) electrons. The van der Waals surface area contributed by atoms with Crippen LogP contribution in [0.5, 0.6) is 0 Å². The van der Waals surface area contributed by atoms with E-state index in [1.54, 1.807) is 16.0 Å². The van der Waals surface area contributed by atoms with Crippen molar-refractivity contribution in [2.24, 2.45) is 0 Å². The molecule has 1 aliphatic rings. The summed E-state index contributed by atoms with van der Waals surface area (Å²) in [4.78, 5) is 41.2. The molecule has 1 heterocycles. The zero-order valence-corrected chi connectivity index (χ0v) is 18.3. The number of carbonyl (C=O) groups excluding carboxylic acids is 3. The minimum atomic E-state index is -0.384. The van der Waals surface area contributed by atoms with Crippen LogP contribution in [0.3, 0.4) is 0 Å². The predicted octanol–water partition coefficient (Wildman–Crippen LogP) is 4.14. The lowest BCUT2D eigenvalue weighted by molar-refractivity contribution is -0.137. The maximum Gasteiger partial charge on any atom is 0.244 e. The molecule has 6 heteroatoms. The van der Waals surface area contributed by atoms with E-state index in [2.05, 4.69) is 5.32 Å². The van der Waals surface area contributed by atoms with Crippen LogP contribution in [0, 0.1) is 6.92 Å². The van der Waals surface area contributed by atoms with Gasteiger partial charge < -0.3 is 15.1 Å². The Morgan fingerprint density at radius 2 is 1.77 bits per heavy atom. The first-order valence-electron chi connectivity index (χ1n) is 10.6. The second-order valence-electron chi connectivity index (χ2n) is 7.77. The summed E-state index contributed by atoms with van der Waals surface area (Å²) >= 11 is 0. The maximum absolute atomic E-state index is 13.2. The number of aryl methyl sites for hydroxylation is 1. The predicted molar refractivity (Wildman–Crippen MR) is 122 cm³/mol. The number of amides is 3. The highest BCUT2D eigenvalue weighted by Crippen LogP contribution is 2.33. The highest BCUT2D eigenvalue weighted by Gasteiger charge is 2.30. The maximum atomic E-state index is 13.2. The zero-order valence-electron chi connectivity index (χ0n) is 18.3. The van der Waals surface area contributed by atoms with Crippen LogP contribution < -0.4 is 5.32 Å². The fourth-order valence-electron chi connectivity index (χ4n) is 3.85. The van der Waals surface area contributed by atoms with E-state index in [0.29, 0.717) is 6.54 Å². The molecule has 0 saturated carbocycles. The van der Waals surface area contributed by atoms with Gasteiger partial charge in [-0.05, 0) is 42.2 Å². The van der Waals surface area contributed by atoms with Crippen molar-refractivity contribution in [3.05, 3.63) is 71.4 Å². The topological polar surface area (TPSA) is 69.7 Å². The average molecular weight is 420 g/mol. The van der Waals surface area contributed by atoms with Gasteiger partial charge in [0.1, 0.15) is 0 Å². The van der Waals surface area contributed by atoms with Gasteiger partial charge in [0, 0.05) is 25.4 Å². The van der Waals surface area contributed by atoms with Crippen LogP contribution in [0.1, 0.15) is 49.4 Å². The molecule has 0 spiro atoms. The standard InChI is InChI=1S/C25H29N3O3/c1-4-14-27(17-24(30)26-22-12-8-5-9-18(22)2)25(31)16-23-21-11-7-6-10-20(21)13-15-28(23)19(3)29/h5-13,15,23H,4,14,16-17H2,1-3H3,(H,26,30). The third-order valence-electron chi connectivity index (χ3n) is 5.44. The average Bonchev–Trinajstić information content (AvgIpc) is 2.75. The van der Waals surface area contributed by atoms with Crippen LogP contribution in [0.2, 0.25) is 0 Å². The molecule has 1 N–H and O–H groups in total. The fourth-order valence-corrected chi connectivity index (χ4v) is 3.85. The number of benzene rings is 2. The van der Waals surface area contributed by atoms with Crippen LogP contribution in [0.25, 0.3) is 6.08 Å². The summed E-state index contributed by atoms with van der Waals surface area (Å²) in [5.74, 6) is -0.505. The molecule has 162 valence electrons. The molecular weight excluding hydrogens is 390 g/mol. The van der Waals surface area contributed by atoms with E-state index >= 15 is 0 Å². The number of anilines is 1. The smallest absolute Gasteiger partial charge is 0.244 e. The number of hydrogen-bond acceptors (Lipinski definition) is 3. The van der Waals surface area contributed by atoms with Crippen molar-refractivity contribution in [1.82, 2.24) is 9.80 Å². The number of hydrogen-bond donors (Lipinski definition) is 1. The lowest BCUT2D eigenvalue weighted by Crippen LogP contribution is -2.41. The SMILES string of the molecule is CCCN(CC(=O)Nc1ccccc1C)C(=O)CC1c2ccccc2C=CN1C(C)=O. The van der Waals surface area contributed by atoms with E-state index in [0.717, 1.165) is 28.8 Å². The van der Waals surface area contributed by atoms with Gasteiger partial charge in [-0.3, -0.25) is 14.4 Å². The molecule has 3 rings (SSSR count). The third kappa shape index (κ3) is 5.40. The molecule has 0 fully saturated rings. The molecule has 0 aromatic heterocycles. The van der Waals surface area contributed by atoms with Gasteiger partial charge in [0.25, 0.3) is 0 Å². The Balaban J connectivity index is 1.75. The molecule has 0 bridgehead atoms. The Labute approximate surface area is 183 Å². The Morgan fingerprint density at radius 3 is 2.48 bits per heavy atom. The molecule has 2 aromatic carbocycles.